The highest BCUT2D eigenvalue weighted by Gasteiger charge is 2.20. The van der Waals surface area contributed by atoms with Gasteiger partial charge in [0.2, 0.25) is 0 Å². The van der Waals surface area contributed by atoms with Gasteiger partial charge in [0.05, 0.1) is 11.2 Å². The minimum Gasteiger partial charge on any atom is -0.344 e. The second-order valence-electron chi connectivity index (χ2n) is 7.90. The highest BCUT2D eigenvalue weighted by Crippen LogP contribution is 2.44. The van der Waals surface area contributed by atoms with E-state index < -0.39 is 0 Å². The molecule has 0 saturated heterocycles. The topological polar surface area (TPSA) is 8.17 Å². The number of para-hydroxylation sites is 1. The monoisotopic (exact) mass is 410 g/mol. The van der Waals surface area contributed by atoms with Gasteiger partial charge in [0, 0.05) is 39.7 Å². The molecule has 0 unspecified atom stereocenters. The van der Waals surface area contributed by atoms with Gasteiger partial charge in [0.1, 0.15) is 0 Å². The Bertz CT molecular complexity index is 1320. The Balaban J connectivity index is 1.88. The molecule has 0 bridgehead atoms. The van der Waals surface area contributed by atoms with Gasteiger partial charge in [0.15, 0.2) is 0 Å². The highest BCUT2D eigenvalue weighted by atomic mass is 35.5. The predicted molar refractivity (Wildman–Crippen MR) is 130 cm³/mol. The van der Waals surface area contributed by atoms with Crippen molar-refractivity contribution in [2.24, 2.45) is 7.05 Å². The number of nitrogens with zero attached hydrogens (tertiary/aromatic N) is 2. The molecule has 30 heavy (non-hydrogen) atoms. The van der Waals surface area contributed by atoms with E-state index in [1.807, 2.05) is 0 Å². The lowest BCUT2D eigenvalue weighted by Crippen LogP contribution is -2.10. The molecule has 0 radical (unpaired) electrons. The quantitative estimate of drug-likeness (QED) is 0.292. The lowest BCUT2D eigenvalue weighted by Gasteiger charge is -2.27. The van der Waals surface area contributed by atoms with Crippen molar-refractivity contribution in [1.29, 1.82) is 0 Å². The summed E-state index contributed by atoms with van der Waals surface area (Å²) in [4.78, 5) is 2.31. The van der Waals surface area contributed by atoms with E-state index in [0.717, 1.165) is 27.6 Å². The van der Waals surface area contributed by atoms with Crippen LogP contribution in [0.25, 0.3) is 21.8 Å². The van der Waals surface area contributed by atoms with Gasteiger partial charge in [-0.15, -0.1) is 0 Å². The molecular formula is C27H23ClN2. The number of aromatic nitrogens is 1. The first kappa shape index (κ1) is 18.8. The Kier molecular flexibility index (Phi) is 4.52. The number of anilines is 3. The first-order chi connectivity index (χ1) is 14.5. The summed E-state index contributed by atoms with van der Waals surface area (Å²) in [7, 11) is 2.10. The van der Waals surface area contributed by atoms with Crippen LogP contribution in [0.2, 0.25) is 5.02 Å². The summed E-state index contributed by atoms with van der Waals surface area (Å²) in [6.07, 6.45) is 0. The van der Waals surface area contributed by atoms with E-state index in [0.29, 0.717) is 0 Å². The van der Waals surface area contributed by atoms with Crippen LogP contribution >= 0.6 is 11.6 Å². The zero-order valence-corrected chi connectivity index (χ0v) is 18.1. The van der Waals surface area contributed by atoms with Crippen LogP contribution in [-0.4, -0.2) is 4.57 Å². The number of benzene rings is 4. The summed E-state index contributed by atoms with van der Waals surface area (Å²) >= 11 is 6.65. The second kappa shape index (κ2) is 7.23. The molecule has 0 fully saturated rings. The van der Waals surface area contributed by atoms with Crippen molar-refractivity contribution >= 4 is 50.5 Å². The summed E-state index contributed by atoms with van der Waals surface area (Å²) in [6, 6.07) is 30.0. The Hall–Kier alpha value is -3.23. The summed E-state index contributed by atoms with van der Waals surface area (Å²) < 4.78 is 2.22. The van der Waals surface area contributed by atoms with Gasteiger partial charge in [-0.05, 0) is 56.3 Å². The van der Waals surface area contributed by atoms with Crippen molar-refractivity contribution in [3.8, 4) is 0 Å². The van der Waals surface area contributed by atoms with Crippen molar-refractivity contribution in [3.63, 3.8) is 0 Å². The first-order valence-corrected chi connectivity index (χ1v) is 10.5. The van der Waals surface area contributed by atoms with Crippen molar-refractivity contribution < 1.29 is 0 Å². The molecule has 0 aliphatic rings. The molecule has 5 aromatic rings. The molecule has 5 rings (SSSR count). The maximum absolute atomic E-state index is 6.65. The van der Waals surface area contributed by atoms with Gasteiger partial charge in [-0.3, -0.25) is 0 Å². The number of aryl methyl sites for hydroxylation is 3. The fourth-order valence-electron chi connectivity index (χ4n) is 4.22. The molecule has 0 spiro atoms. The molecule has 0 atom stereocenters. The van der Waals surface area contributed by atoms with Crippen molar-refractivity contribution in [3.05, 3.63) is 101 Å². The third kappa shape index (κ3) is 3.05. The number of hydrogen-bond donors (Lipinski definition) is 0. The first-order valence-electron chi connectivity index (χ1n) is 10.1. The number of hydrogen-bond acceptors (Lipinski definition) is 1. The van der Waals surface area contributed by atoms with Crippen molar-refractivity contribution in [1.82, 2.24) is 4.57 Å². The zero-order chi connectivity index (χ0) is 20.8. The van der Waals surface area contributed by atoms with Crippen LogP contribution in [0, 0.1) is 13.8 Å². The number of fused-ring (bicyclic) bond motifs is 3. The molecule has 0 saturated carbocycles. The van der Waals surface area contributed by atoms with Gasteiger partial charge >= 0.3 is 0 Å². The Morgan fingerprint density at radius 3 is 1.87 bits per heavy atom. The third-order valence-corrected chi connectivity index (χ3v) is 6.00. The Labute approximate surface area is 181 Å². The fraction of sp³-hybridized carbons (Fsp3) is 0.111. The summed E-state index contributed by atoms with van der Waals surface area (Å²) in [5.74, 6) is 0. The van der Waals surface area contributed by atoms with E-state index in [1.165, 1.54) is 27.4 Å². The molecule has 0 amide bonds. The number of halogens is 1. The van der Waals surface area contributed by atoms with Crippen LogP contribution in [0.4, 0.5) is 17.1 Å². The molecule has 148 valence electrons. The highest BCUT2D eigenvalue weighted by molar-refractivity contribution is 6.32. The average molecular weight is 411 g/mol. The van der Waals surface area contributed by atoms with Crippen molar-refractivity contribution in [2.45, 2.75) is 13.8 Å². The summed E-state index contributed by atoms with van der Waals surface area (Å²) in [6.45, 7) is 4.23. The molecule has 0 aliphatic carbocycles. The van der Waals surface area contributed by atoms with Gasteiger partial charge < -0.3 is 9.47 Å². The lowest BCUT2D eigenvalue weighted by molar-refractivity contribution is 1.01. The molecular weight excluding hydrogens is 388 g/mol. The predicted octanol–water partition coefficient (Wildman–Crippen LogP) is 8.07. The fourth-order valence-corrected chi connectivity index (χ4v) is 4.42. The van der Waals surface area contributed by atoms with Crippen LogP contribution in [-0.2, 0) is 7.05 Å². The van der Waals surface area contributed by atoms with Gasteiger partial charge in [-0.25, -0.2) is 0 Å². The molecule has 1 heterocycles. The summed E-state index contributed by atoms with van der Waals surface area (Å²) in [5, 5.41) is 3.16. The van der Waals surface area contributed by atoms with Crippen molar-refractivity contribution in [2.75, 3.05) is 4.90 Å². The molecule has 4 aromatic carbocycles. The average Bonchev–Trinajstić information content (AvgIpc) is 3.03. The lowest BCUT2D eigenvalue weighted by atomic mass is 10.1. The largest absolute Gasteiger partial charge is 0.344 e. The third-order valence-electron chi connectivity index (χ3n) is 5.78. The van der Waals surface area contributed by atoms with Gasteiger partial charge in [0.25, 0.3) is 0 Å². The molecule has 1 aromatic heterocycles. The van der Waals surface area contributed by atoms with E-state index >= 15 is 0 Å². The molecule has 3 heteroatoms. The molecule has 0 N–H and O–H groups in total. The van der Waals surface area contributed by atoms with Gasteiger partial charge in [-0.2, -0.15) is 0 Å². The van der Waals surface area contributed by atoms with Crippen LogP contribution in [0.3, 0.4) is 0 Å². The van der Waals surface area contributed by atoms with E-state index in [4.69, 9.17) is 11.6 Å². The second-order valence-corrected chi connectivity index (χ2v) is 8.34. The van der Waals surface area contributed by atoms with Crippen LogP contribution in [0.15, 0.2) is 84.9 Å². The molecule has 2 nitrogen and oxygen atoms in total. The maximum Gasteiger partial charge on any atom is 0.0576 e. The Morgan fingerprint density at radius 2 is 1.27 bits per heavy atom. The van der Waals surface area contributed by atoms with E-state index in [2.05, 4.69) is 115 Å². The normalized spacial score (nSPS) is 11.3. The minimum absolute atomic E-state index is 0.729. The minimum atomic E-state index is 0.729. The van der Waals surface area contributed by atoms with E-state index in [1.54, 1.807) is 0 Å². The maximum atomic E-state index is 6.65. The standard InChI is InChI=1S/C27H23ClN2/c1-18-8-12-21(13-9-18)30(22-14-10-19(2)11-15-22)26-17-20(28)16-25-27(26)23-6-4-5-7-24(23)29(25)3/h4-17H,1-3H3. The molecule has 0 aliphatic heterocycles. The van der Waals surface area contributed by atoms with Crippen LogP contribution in [0.1, 0.15) is 11.1 Å². The van der Waals surface area contributed by atoms with Crippen LogP contribution in [0.5, 0.6) is 0 Å². The summed E-state index contributed by atoms with van der Waals surface area (Å²) in [5.41, 5.74) is 8.11. The van der Waals surface area contributed by atoms with Gasteiger partial charge in [-0.1, -0.05) is 65.2 Å². The SMILES string of the molecule is Cc1ccc(N(c2ccc(C)cc2)c2cc(Cl)cc3c2c2ccccc2n3C)cc1. The smallest absolute Gasteiger partial charge is 0.0576 e. The van der Waals surface area contributed by atoms with Crippen LogP contribution < -0.4 is 4.90 Å². The number of rotatable bonds is 3. The van der Waals surface area contributed by atoms with E-state index in [9.17, 15) is 0 Å². The zero-order valence-electron chi connectivity index (χ0n) is 17.4. The van der Waals surface area contributed by atoms with E-state index in [-0.39, 0.29) is 0 Å². The Morgan fingerprint density at radius 1 is 0.700 bits per heavy atom.